The number of nitrogens with two attached hydrogens (primary N) is 1. The van der Waals surface area contributed by atoms with E-state index < -0.39 is 5.91 Å². The van der Waals surface area contributed by atoms with E-state index in [0.29, 0.717) is 28.5 Å². The number of pyridine rings is 1. The van der Waals surface area contributed by atoms with Gasteiger partial charge in [0, 0.05) is 29.0 Å². The number of nitrogens with zero attached hydrogens (tertiary/aromatic N) is 2. The molecular weight excluding hydrogens is 412 g/mol. The molecule has 2 heterocycles. The second-order valence-corrected chi connectivity index (χ2v) is 7.74. The molecule has 156 valence electrons. The minimum absolute atomic E-state index is 0.108. The number of ether oxygens (including phenoxy) is 1. The largest absolute Gasteiger partial charge is 0.487 e. The van der Waals surface area contributed by atoms with Gasteiger partial charge in [-0.15, -0.1) is 11.8 Å². The smallest absolute Gasteiger partial charge is 0.256 e. The van der Waals surface area contributed by atoms with Gasteiger partial charge in [0.1, 0.15) is 18.0 Å². The molecule has 0 bridgehead atoms. The van der Waals surface area contributed by atoms with Crippen LogP contribution < -0.4 is 15.8 Å². The molecule has 0 saturated heterocycles. The number of hydrogen-bond donors (Lipinski definition) is 2. The lowest BCUT2D eigenvalue weighted by atomic mass is 10.2. The van der Waals surface area contributed by atoms with Gasteiger partial charge < -0.3 is 20.2 Å². The molecule has 31 heavy (non-hydrogen) atoms. The Labute approximate surface area is 183 Å². The Morgan fingerprint density at radius 1 is 1.06 bits per heavy atom. The minimum atomic E-state index is -0.435. The highest BCUT2D eigenvalue weighted by Gasteiger charge is 2.13. The van der Waals surface area contributed by atoms with Crippen molar-refractivity contribution in [2.24, 2.45) is 5.73 Å². The number of fused-ring (bicyclic) bond motifs is 1. The van der Waals surface area contributed by atoms with Crippen LogP contribution in [0.25, 0.3) is 5.65 Å². The fourth-order valence-corrected chi connectivity index (χ4v) is 3.79. The van der Waals surface area contributed by atoms with Crippen molar-refractivity contribution in [3.63, 3.8) is 0 Å². The molecule has 0 fully saturated rings. The molecular formula is C23H20N4O3S. The Morgan fingerprint density at radius 2 is 1.90 bits per heavy atom. The number of anilines is 1. The summed E-state index contributed by atoms with van der Waals surface area (Å²) in [5.41, 5.74) is 7.96. The molecule has 4 aromatic rings. The fraction of sp³-hybridized carbons (Fsp3) is 0.0870. The highest BCUT2D eigenvalue weighted by molar-refractivity contribution is 8.00. The lowest BCUT2D eigenvalue weighted by molar-refractivity contribution is -0.115. The zero-order chi connectivity index (χ0) is 21.6. The predicted octanol–water partition coefficient (Wildman–Crippen LogP) is 3.74. The van der Waals surface area contributed by atoms with Gasteiger partial charge in [-0.1, -0.05) is 24.3 Å². The van der Waals surface area contributed by atoms with E-state index >= 15 is 0 Å². The first-order chi connectivity index (χ1) is 15.1. The number of primary amides is 1. The van der Waals surface area contributed by atoms with E-state index in [1.54, 1.807) is 30.3 Å². The van der Waals surface area contributed by atoms with E-state index in [0.717, 1.165) is 11.3 Å². The number of imidazole rings is 1. The lowest BCUT2D eigenvalue weighted by Gasteiger charge is -2.11. The lowest BCUT2D eigenvalue weighted by Crippen LogP contribution is -2.15. The minimum Gasteiger partial charge on any atom is -0.487 e. The van der Waals surface area contributed by atoms with Crippen LogP contribution in [0.15, 0.2) is 84.0 Å². The van der Waals surface area contributed by atoms with Gasteiger partial charge in [0.05, 0.1) is 17.0 Å². The van der Waals surface area contributed by atoms with E-state index in [-0.39, 0.29) is 11.7 Å². The first-order valence-electron chi connectivity index (χ1n) is 9.55. The summed E-state index contributed by atoms with van der Waals surface area (Å²) in [5, 5.41) is 2.88. The van der Waals surface area contributed by atoms with Crippen molar-refractivity contribution in [2.75, 3.05) is 11.1 Å². The molecule has 4 rings (SSSR count). The van der Waals surface area contributed by atoms with E-state index in [1.165, 1.54) is 11.8 Å². The molecule has 0 atom stereocenters. The number of benzene rings is 2. The van der Waals surface area contributed by atoms with Crippen LogP contribution in [-0.4, -0.2) is 27.0 Å². The molecule has 2 aromatic heterocycles. The van der Waals surface area contributed by atoms with E-state index in [2.05, 4.69) is 10.3 Å². The van der Waals surface area contributed by atoms with Crippen LogP contribution in [0.5, 0.6) is 5.75 Å². The van der Waals surface area contributed by atoms with Gasteiger partial charge >= 0.3 is 0 Å². The van der Waals surface area contributed by atoms with Crippen LogP contribution >= 0.6 is 11.8 Å². The number of thioether (sulfide) groups is 1. The topological polar surface area (TPSA) is 98.7 Å². The van der Waals surface area contributed by atoms with Crippen LogP contribution in [0.3, 0.4) is 0 Å². The summed E-state index contributed by atoms with van der Waals surface area (Å²) in [7, 11) is 0. The maximum absolute atomic E-state index is 12.8. The number of nitrogens with one attached hydrogen (secondary N) is 1. The highest BCUT2D eigenvalue weighted by Crippen LogP contribution is 2.24. The first kappa shape index (κ1) is 20.5. The summed E-state index contributed by atoms with van der Waals surface area (Å²) in [4.78, 5) is 29.1. The molecule has 0 unspecified atom stereocenters. The third kappa shape index (κ3) is 5.23. The van der Waals surface area contributed by atoms with Gasteiger partial charge in [-0.05, 0) is 36.4 Å². The van der Waals surface area contributed by atoms with Crippen LogP contribution in [0.2, 0.25) is 0 Å². The SMILES string of the molecule is NC(=O)CSc1ccccc1C(=O)Nc1cccc(OCc2cn3ccccc3n2)c1. The normalized spacial score (nSPS) is 10.7. The Hall–Kier alpha value is -3.78. The number of hydrogen-bond acceptors (Lipinski definition) is 5. The van der Waals surface area contributed by atoms with Crippen molar-refractivity contribution < 1.29 is 14.3 Å². The quantitative estimate of drug-likeness (QED) is 0.413. The average Bonchev–Trinajstić information content (AvgIpc) is 3.20. The Balaban J connectivity index is 1.42. The average molecular weight is 433 g/mol. The number of carbonyl (C=O) groups is 2. The van der Waals surface area contributed by atoms with Gasteiger partial charge in [0.2, 0.25) is 5.91 Å². The molecule has 0 saturated carbocycles. The van der Waals surface area contributed by atoms with Crippen LogP contribution in [0, 0.1) is 0 Å². The monoisotopic (exact) mass is 432 g/mol. The number of amides is 2. The summed E-state index contributed by atoms with van der Waals surface area (Å²) in [5.74, 6) is 0.0171. The van der Waals surface area contributed by atoms with Crippen molar-refractivity contribution in [3.05, 3.63) is 90.4 Å². The van der Waals surface area contributed by atoms with Crippen LogP contribution in [0.4, 0.5) is 5.69 Å². The number of aromatic nitrogens is 2. The molecule has 7 nitrogen and oxygen atoms in total. The zero-order valence-corrected chi connectivity index (χ0v) is 17.3. The predicted molar refractivity (Wildman–Crippen MR) is 120 cm³/mol. The molecule has 2 aromatic carbocycles. The van der Waals surface area contributed by atoms with Gasteiger partial charge in [0.15, 0.2) is 0 Å². The number of rotatable bonds is 8. The molecule has 2 amide bonds. The van der Waals surface area contributed by atoms with Crippen molar-refractivity contribution >= 4 is 34.9 Å². The van der Waals surface area contributed by atoms with Crippen LogP contribution in [0.1, 0.15) is 16.1 Å². The van der Waals surface area contributed by atoms with Crippen molar-refractivity contribution in [3.8, 4) is 5.75 Å². The maximum atomic E-state index is 12.8. The third-order valence-electron chi connectivity index (χ3n) is 4.39. The maximum Gasteiger partial charge on any atom is 0.256 e. The van der Waals surface area contributed by atoms with E-state index in [1.807, 2.05) is 53.2 Å². The summed E-state index contributed by atoms with van der Waals surface area (Å²) in [6.45, 7) is 0.311. The first-order valence-corrected chi connectivity index (χ1v) is 10.5. The van der Waals surface area contributed by atoms with E-state index in [4.69, 9.17) is 10.5 Å². The van der Waals surface area contributed by atoms with Crippen molar-refractivity contribution in [1.29, 1.82) is 0 Å². The van der Waals surface area contributed by atoms with Gasteiger partial charge in [-0.25, -0.2) is 4.98 Å². The van der Waals surface area contributed by atoms with Crippen molar-refractivity contribution in [2.45, 2.75) is 11.5 Å². The molecule has 8 heteroatoms. The summed E-state index contributed by atoms with van der Waals surface area (Å²) < 4.78 is 7.79. The number of carbonyl (C=O) groups excluding carboxylic acids is 2. The summed E-state index contributed by atoms with van der Waals surface area (Å²) in [6, 6.07) is 20.1. The van der Waals surface area contributed by atoms with Gasteiger partial charge in [-0.2, -0.15) is 0 Å². The molecule has 0 spiro atoms. The zero-order valence-electron chi connectivity index (χ0n) is 16.5. The molecule has 0 aliphatic carbocycles. The summed E-state index contributed by atoms with van der Waals surface area (Å²) >= 11 is 1.24. The molecule has 0 radical (unpaired) electrons. The standard InChI is InChI=1S/C23H20N4O3S/c24-21(28)15-31-20-9-2-1-8-19(20)23(29)26-16-6-5-7-18(12-16)30-14-17-13-27-11-4-3-10-22(27)25-17/h1-13H,14-15H2,(H2,24,28)(H,26,29). The van der Waals surface area contributed by atoms with Crippen LogP contribution in [-0.2, 0) is 11.4 Å². The molecule has 0 aliphatic heterocycles. The second kappa shape index (κ2) is 9.36. The molecule has 0 aliphatic rings. The summed E-state index contributed by atoms with van der Waals surface area (Å²) in [6.07, 6.45) is 3.85. The highest BCUT2D eigenvalue weighted by atomic mass is 32.2. The third-order valence-corrected chi connectivity index (χ3v) is 5.49. The van der Waals surface area contributed by atoms with Crippen molar-refractivity contribution in [1.82, 2.24) is 9.38 Å². The Kier molecular flexibility index (Phi) is 6.18. The fourth-order valence-electron chi connectivity index (χ4n) is 3.01. The van der Waals surface area contributed by atoms with Gasteiger partial charge in [-0.3, -0.25) is 9.59 Å². The molecule has 3 N–H and O–H groups in total. The van der Waals surface area contributed by atoms with Gasteiger partial charge in [0.25, 0.3) is 5.91 Å². The Bertz CT molecular complexity index is 1210. The second-order valence-electron chi connectivity index (χ2n) is 6.72. The Morgan fingerprint density at radius 3 is 2.74 bits per heavy atom. The van der Waals surface area contributed by atoms with E-state index in [9.17, 15) is 9.59 Å².